The Balaban J connectivity index is 1.89. The number of rotatable bonds is 4. The van der Waals surface area contributed by atoms with E-state index >= 15 is 0 Å². The van der Waals surface area contributed by atoms with E-state index in [1.165, 1.54) is 24.2 Å². The molecule has 0 unspecified atom stereocenters. The summed E-state index contributed by atoms with van der Waals surface area (Å²) in [6.45, 7) is 11.7. The van der Waals surface area contributed by atoms with Gasteiger partial charge in [-0.3, -0.25) is 0 Å². The van der Waals surface area contributed by atoms with Gasteiger partial charge in [-0.25, -0.2) is 0 Å². The van der Waals surface area contributed by atoms with Crippen molar-refractivity contribution in [1.82, 2.24) is 15.5 Å². The van der Waals surface area contributed by atoms with Crippen molar-refractivity contribution >= 4 is 0 Å². The van der Waals surface area contributed by atoms with Gasteiger partial charge in [0.15, 0.2) is 0 Å². The van der Waals surface area contributed by atoms with Crippen molar-refractivity contribution in [2.24, 2.45) is 5.92 Å². The van der Waals surface area contributed by atoms with E-state index in [0.717, 1.165) is 25.5 Å². The van der Waals surface area contributed by atoms with E-state index in [9.17, 15) is 0 Å². The fourth-order valence-electron chi connectivity index (χ4n) is 2.24. The van der Waals surface area contributed by atoms with Crippen molar-refractivity contribution < 1.29 is 0 Å². The summed E-state index contributed by atoms with van der Waals surface area (Å²) in [5.74, 6) is 1.60. The predicted molar refractivity (Wildman–Crippen MR) is 72.1 cm³/mol. The van der Waals surface area contributed by atoms with Gasteiger partial charge in [-0.2, -0.15) is 0 Å². The first-order chi connectivity index (χ1) is 8.16. The number of hydrogen-bond donors (Lipinski definition) is 2. The van der Waals surface area contributed by atoms with E-state index in [1.807, 2.05) is 0 Å². The molecule has 0 radical (unpaired) electrons. The van der Waals surface area contributed by atoms with Crippen molar-refractivity contribution in [2.75, 3.05) is 19.6 Å². The first kappa shape index (κ1) is 12.1. The van der Waals surface area contributed by atoms with Gasteiger partial charge in [0.25, 0.3) is 0 Å². The van der Waals surface area contributed by atoms with Crippen LogP contribution in [0.25, 0.3) is 0 Å². The normalized spacial score (nSPS) is 19.8. The second kappa shape index (κ2) is 5.30. The average Bonchev–Trinajstić information content (AvgIpc) is 2.83. The quantitative estimate of drug-likeness (QED) is 0.779. The summed E-state index contributed by atoms with van der Waals surface area (Å²) in [5.41, 5.74) is 2.51. The molecule has 0 amide bonds. The fraction of sp³-hybridized carbons (Fsp3) is 0.571. The lowest BCUT2D eigenvalue weighted by atomic mass is 10.1. The standard InChI is InChI=1S/C14H23N3/c1-11(2)14-7-6-13(10-15-14)16-12(3)17-8-4-5-9-17/h6-7,11,15-16H,3-5,8-10H2,1-2H3. The van der Waals surface area contributed by atoms with Crippen LogP contribution in [0.1, 0.15) is 26.7 Å². The number of hydrogen-bond acceptors (Lipinski definition) is 3. The highest BCUT2D eigenvalue weighted by Crippen LogP contribution is 2.14. The van der Waals surface area contributed by atoms with Crippen molar-refractivity contribution in [3.63, 3.8) is 0 Å². The topological polar surface area (TPSA) is 27.3 Å². The summed E-state index contributed by atoms with van der Waals surface area (Å²) in [7, 11) is 0. The Morgan fingerprint density at radius 1 is 1.35 bits per heavy atom. The second-order valence-corrected chi connectivity index (χ2v) is 5.09. The van der Waals surface area contributed by atoms with Gasteiger partial charge >= 0.3 is 0 Å². The van der Waals surface area contributed by atoms with Crippen molar-refractivity contribution in [3.8, 4) is 0 Å². The van der Waals surface area contributed by atoms with Crippen LogP contribution in [0.3, 0.4) is 0 Å². The van der Waals surface area contributed by atoms with Gasteiger partial charge in [0.1, 0.15) is 0 Å². The largest absolute Gasteiger partial charge is 0.383 e. The highest BCUT2D eigenvalue weighted by Gasteiger charge is 2.15. The molecule has 0 spiro atoms. The van der Waals surface area contributed by atoms with E-state index in [4.69, 9.17) is 0 Å². The minimum atomic E-state index is 0.564. The van der Waals surface area contributed by atoms with Crippen LogP contribution in [0.15, 0.2) is 35.9 Å². The maximum Gasteiger partial charge on any atom is 0.0981 e. The summed E-state index contributed by atoms with van der Waals surface area (Å²) in [6, 6.07) is 0. The van der Waals surface area contributed by atoms with Crippen LogP contribution in [0.2, 0.25) is 0 Å². The molecule has 17 heavy (non-hydrogen) atoms. The van der Waals surface area contributed by atoms with Crippen molar-refractivity contribution in [3.05, 3.63) is 35.9 Å². The van der Waals surface area contributed by atoms with Crippen LogP contribution in [0, 0.1) is 5.92 Å². The molecule has 0 aliphatic carbocycles. The molecular weight excluding hydrogens is 210 g/mol. The lowest BCUT2D eigenvalue weighted by molar-refractivity contribution is 0.401. The Bertz CT molecular complexity index is 346. The maximum atomic E-state index is 4.11. The molecule has 3 nitrogen and oxygen atoms in total. The smallest absolute Gasteiger partial charge is 0.0981 e. The number of nitrogens with zero attached hydrogens (tertiary/aromatic N) is 1. The second-order valence-electron chi connectivity index (χ2n) is 5.09. The van der Waals surface area contributed by atoms with Crippen molar-refractivity contribution in [1.29, 1.82) is 0 Å². The van der Waals surface area contributed by atoms with E-state index in [2.05, 4.69) is 48.1 Å². The zero-order chi connectivity index (χ0) is 12.3. The molecule has 2 aliphatic rings. The molecule has 0 aromatic carbocycles. The SMILES string of the molecule is C=C(NC1=CC=C(C(C)C)NC1)N1CCCC1. The van der Waals surface area contributed by atoms with Gasteiger partial charge in [0.2, 0.25) is 0 Å². The van der Waals surface area contributed by atoms with Crippen LogP contribution >= 0.6 is 0 Å². The third-order valence-corrected chi connectivity index (χ3v) is 3.36. The summed E-state index contributed by atoms with van der Waals surface area (Å²) < 4.78 is 0. The van der Waals surface area contributed by atoms with E-state index < -0.39 is 0 Å². The molecule has 0 bridgehead atoms. The lowest BCUT2D eigenvalue weighted by Gasteiger charge is -2.25. The Kier molecular flexibility index (Phi) is 3.77. The van der Waals surface area contributed by atoms with Crippen LogP contribution in [0.4, 0.5) is 0 Å². The highest BCUT2D eigenvalue weighted by molar-refractivity contribution is 5.25. The van der Waals surface area contributed by atoms with Gasteiger partial charge in [-0.05, 0) is 30.9 Å². The Morgan fingerprint density at radius 2 is 2.06 bits per heavy atom. The number of likely N-dealkylation sites (tertiary alicyclic amines) is 1. The molecule has 3 heteroatoms. The third-order valence-electron chi connectivity index (χ3n) is 3.36. The average molecular weight is 233 g/mol. The van der Waals surface area contributed by atoms with Crippen LogP contribution in [0.5, 0.6) is 0 Å². The number of allylic oxidation sites excluding steroid dienone is 3. The minimum Gasteiger partial charge on any atom is -0.383 e. The molecule has 0 atom stereocenters. The Hall–Kier alpha value is -1.38. The molecule has 2 aliphatic heterocycles. The first-order valence-electron chi connectivity index (χ1n) is 6.52. The summed E-state index contributed by atoms with van der Waals surface area (Å²) in [5, 5.41) is 6.84. The molecule has 0 aromatic heterocycles. The summed E-state index contributed by atoms with van der Waals surface area (Å²) >= 11 is 0. The van der Waals surface area contributed by atoms with Gasteiger partial charge in [0.05, 0.1) is 12.4 Å². The molecule has 2 N–H and O–H groups in total. The molecule has 0 saturated carbocycles. The van der Waals surface area contributed by atoms with Crippen LogP contribution in [-0.2, 0) is 0 Å². The zero-order valence-electron chi connectivity index (χ0n) is 10.9. The van der Waals surface area contributed by atoms with Gasteiger partial charge in [-0.1, -0.05) is 20.4 Å². The molecule has 1 fully saturated rings. The Labute approximate surface area is 104 Å². The zero-order valence-corrected chi connectivity index (χ0v) is 10.9. The monoisotopic (exact) mass is 233 g/mol. The van der Waals surface area contributed by atoms with Gasteiger partial charge in [0, 0.05) is 24.5 Å². The van der Waals surface area contributed by atoms with Crippen molar-refractivity contribution in [2.45, 2.75) is 26.7 Å². The summed E-state index contributed by atoms with van der Waals surface area (Å²) in [4.78, 5) is 2.32. The first-order valence-corrected chi connectivity index (χ1v) is 6.52. The maximum absolute atomic E-state index is 4.11. The highest BCUT2D eigenvalue weighted by atomic mass is 15.3. The van der Waals surface area contributed by atoms with Crippen LogP contribution in [-0.4, -0.2) is 24.5 Å². The molecule has 0 aromatic rings. The Morgan fingerprint density at radius 3 is 2.59 bits per heavy atom. The number of dihydropyridines is 1. The number of nitrogens with one attached hydrogen (secondary N) is 2. The van der Waals surface area contributed by atoms with E-state index in [1.54, 1.807) is 0 Å². The van der Waals surface area contributed by atoms with Crippen LogP contribution < -0.4 is 10.6 Å². The molecule has 2 rings (SSSR count). The molecular formula is C14H23N3. The fourth-order valence-corrected chi connectivity index (χ4v) is 2.24. The molecule has 94 valence electrons. The minimum absolute atomic E-state index is 0.564. The van der Waals surface area contributed by atoms with Gasteiger partial charge < -0.3 is 15.5 Å². The molecule has 1 saturated heterocycles. The third kappa shape index (κ3) is 3.05. The van der Waals surface area contributed by atoms with Gasteiger partial charge in [-0.15, -0.1) is 0 Å². The summed E-state index contributed by atoms with van der Waals surface area (Å²) in [6.07, 6.45) is 6.89. The van der Waals surface area contributed by atoms with E-state index in [0.29, 0.717) is 5.92 Å². The van der Waals surface area contributed by atoms with E-state index in [-0.39, 0.29) is 0 Å². The lowest BCUT2D eigenvalue weighted by Crippen LogP contribution is -2.33. The predicted octanol–water partition coefficient (Wildman–Crippen LogP) is 2.17. The molecule has 2 heterocycles.